The zero-order chi connectivity index (χ0) is 28.4. The molecule has 1 heterocycles. The van der Waals surface area contributed by atoms with E-state index in [2.05, 4.69) is 0 Å². The van der Waals surface area contributed by atoms with E-state index in [4.69, 9.17) is 25.8 Å². The summed E-state index contributed by atoms with van der Waals surface area (Å²) in [5, 5.41) is 0.587. The molecule has 7 nitrogen and oxygen atoms in total. The number of nitrogens with zero attached hydrogens (tertiary/aromatic N) is 2. The first-order valence-electron chi connectivity index (χ1n) is 13.3. The van der Waals surface area contributed by atoms with Crippen LogP contribution in [0.4, 0.5) is 4.39 Å². The van der Waals surface area contributed by atoms with E-state index in [-0.39, 0.29) is 56.8 Å². The number of carbonyl (C=O) groups is 2. The number of amides is 2. The van der Waals surface area contributed by atoms with Gasteiger partial charge < -0.3 is 24.0 Å². The van der Waals surface area contributed by atoms with Crippen LogP contribution >= 0.6 is 11.6 Å². The molecule has 1 fully saturated rings. The second kappa shape index (κ2) is 14.1. The minimum atomic E-state index is -1.03. The van der Waals surface area contributed by atoms with E-state index in [0.717, 1.165) is 5.56 Å². The van der Waals surface area contributed by atoms with Gasteiger partial charge in [-0.3, -0.25) is 9.59 Å². The topological polar surface area (TPSA) is 68.3 Å². The zero-order valence-corrected chi connectivity index (χ0v) is 23.3. The number of morpholine rings is 1. The van der Waals surface area contributed by atoms with Crippen LogP contribution in [0.25, 0.3) is 0 Å². The molecule has 1 unspecified atom stereocenters. The summed E-state index contributed by atoms with van der Waals surface area (Å²) in [6.45, 7) is 1.64. The maximum absolute atomic E-state index is 13.8. The molecule has 0 spiro atoms. The molecule has 1 aliphatic rings. The summed E-state index contributed by atoms with van der Waals surface area (Å²) in [5.41, 5.74) is -0.0111. The lowest BCUT2D eigenvalue weighted by Crippen LogP contribution is -2.58. The summed E-state index contributed by atoms with van der Waals surface area (Å²) in [6.07, 6.45) is 0.700. The number of hydrogen-bond acceptors (Lipinski definition) is 5. The molecule has 1 aliphatic heterocycles. The minimum Gasteiger partial charge on any atom is -0.491 e. The van der Waals surface area contributed by atoms with Gasteiger partial charge >= 0.3 is 0 Å². The van der Waals surface area contributed by atoms with Crippen LogP contribution in [0.15, 0.2) is 78.9 Å². The number of benzene rings is 3. The molecule has 2 amide bonds. The summed E-state index contributed by atoms with van der Waals surface area (Å²) in [4.78, 5) is 29.8. The highest BCUT2D eigenvalue weighted by atomic mass is 35.5. The monoisotopic (exact) mass is 568 g/mol. The number of para-hydroxylation sites is 1. The third kappa shape index (κ3) is 8.44. The van der Waals surface area contributed by atoms with Gasteiger partial charge in [-0.15, -0.1) is 0 Å². The minimum absolute atomic E-state index is 0.0457. The standard InChI is InChI=1S/C31H34ClFN2O5/c1-34(21-24-8-3-2-4-9-24)30(37)20-31(23-39-26-15-13-25(32)14-16-26)22-35(17-19-40-31)29(36)12-7-18-38-28-11-6-5-10-27(28)33/h2-6,8-11,13-16H,7,12,17-23H2,1H3. The molecular formula is C31H34ClFN2O5. The van der Waals surface area contributed by atoms with Crippen molar-refractivity contribution < 1.29 is 28.2 Å². The van der Waals surface area contributed by atoms with Crippen LogP contribution in [0.5, 0.6) is 11.5 Å². The Morgan fingerprint density at radius 2 is 1.75 bits per heavy atom. The van der Waals surface area contributed by atoms with E-state index < -0.39 is 11.4 Å². The van der Waals surface area contributed by atoms with Crippen LogP contribution in [0.1, 0.15) is 24.8 Å². The second-order valence-electron chi connectivity index (χ2n) is 9.88. The lowest BCUT2D eigenvalue weighted by molar-refractivity contribution is -0.165. The Hall–Kier alpha value is -3.62. The summed E-state index contributed by atoms with van der Waals surface area (Å²) in [6, 6.07) is 22.9. The van der Waals surface area contributed by atoms with Crippen LogP contribution in [-0.2, 0) is 20.9 Å². The number of rotatable bonds is 12. The third-order valence-electron chi connectivity index (χ3n) is 6.71. The molecule has 9 heteroatoms. The van der Waals surface area contributed by atoms with Crippen molar-refractivity contribution in [2.75, 3.05) is 40.0 Å². The quantitative estimate of drug-likeness (QED) is 0.275. The molecule has 3 aromatic carbocycles. The van der Waals surface area contributed by atoms with Gasteiger partial charge in [-0.05, 0) is 48.4 Å². The zero-order valence-electron chi connectivity index (χ0n) is 22.6. The molecular weight excluding hydrogens is 535 g/mol. The van der Waals surface area contributed by atoms with Gasteiger partial charge in [0.2, 0.25) is 11.8 Å². The highest BCUT2D eigenvalue weighted by molar-refractivity contribution is 6.30. The van der Waals surface area contributed by atoms with Gasteiger partial charge in [-0.1, -0.05) is 54.1 Å². The number of hydrogen-bond donors (Lipinski definition) is 0. The van der Waals surface area contributed by atoms with Gasteiger partial charge in [0, 0.05) is 31.6 Å². The fourth-order valence-electron chi connectivity index (χ4n) is 4.53. The van der Waals surface area contributed by atoms with E-state index in [9.17, 15) is 14.0 Å². The molecule has 4 rings (SSSR count). The van der Waals surface area contributed by atoms with E-state index >= 15 is 0 Å². The molecule has 0 aromatic heterocycles. The molecule has 0 bridgehead atoms. The van der Waals surface area contributed by atoms with Crippen molar-refractivity contribution in [3.63, 3.8) is 0 Å². The molecule has 3 aromatic rings. The normalized spacial score (nSPS) is 16.8. The summed E-state index contributed by atoms with van der Waals surface area (Å²) >= 11 is 6.00. The van der Waals surface area contributed by atoms with Crippen LogP contribution < -0.4 is 9.47 Å². The van der Waals surface area contributed by atoms with Gasteiger partial charge in [-0.25, -0.2) is 4.39 Å². The summed E-state index contributed by atoms with van der Waals surface area (Å²) < 4.78 is 31.5. The van der Waals surface area contributed by atoms with Crippen molar-refractivity contribution in [2.24, 2.45) is 0 Å². The molecule has 0 saturated carbocycles. The highest BCUT2D eigenvalue weighted by Gasteiger charge is 2.42. The molecule has 40 heavy (non-hydrogen) atoms. The predicted octanol–water partition coefficient (Wildman–Crippen LogP) is 5.36. The van der Waals surface area contributed by atoms with Crippen molar-refractivity contribution in [3.8, 4) is 11.5 Å². The van der Waals surface area contributed by atoms with E-state index in [0.29, 0.717) is 30.3 Å². The summed E-state index contributed by atoms with van der Waals surface area (Å²) in [7, 11) is 1.75. The van der Waals surface area contributed by atoms with Gasteiger partial charge in [0.25, 0.3) is 0 Å². The fraction of sp³-hybridized carbons (Fsp3) is 0.355. The number of ether oxygens (including phenoxy) is 3. The van der Waals surface area contributed by atoms with Gasteiger partial charge in [0.1, 0.15) is 18.0 Å². The van der Waals surface area contributed by atoms with E-state index in [1.807, 2.05) is 30.3 Å². The molecule has 0 radical (unpaired) electrons. The van der Waals surface area contributed by atoms with Crippen molar-refractivity contribution >= 4 is 23.4 Å². The van der Waals surface area contributed by atoms with Crippen LogP contribution in [0.2, 0.25) is 5.02 Å². The van der Waals surface area contributed by atoms with Crippen LogP contribution in [0.3, 0.4) is 0 Å². The first-order valence-corrected chi connectivity index (χ1v) is 13.7. The van der Waals surface area contributed by atoms with E-state index in [1.54, 1.807) is 59.3 Å². The third-order valence-corrected chi connectivity index (χ3v) is 6.96. The lowest BCUT2D eigenvalue weighted by Gasteiger charge is -2.42. The maximum Gasteiger partial charge on any atom is 0.225 e. The SMILES string of the molecule is CN(Cc1ccccc1)C(=O)CC1(COc2ccc(Cl)cc2)CN(C(=O)CCCOc2ccccc2F)CCO1. The Balaban J connectivity index is 1.39. The fourth-order valence-corrected chi connectivity index (χ4v) is 4.66. The predicted molar refractivity (Wildman–Crippen MR) is 151 cm³/mol. The summed E-state index contributed by atoms with van der Waals surface area (Å²) in [5.74, 6) is 0.121. The van der Waals surface area contributed by atoms with Crippen molar-refractivity contribution in [1.82, 2.24) is 9.80 Å². The van der Waals surface area contributed by atoms with Crippen molar-refractivity contribution in [3.05, 3.63) is 95.3 Å². The van der Waals surface area contributed by atoms with Crippen molar-refractivity contribution in [1.29, 1.82) is 0 Å². The number of halogens is 2. The highest BCUT2D eigenvalue weighted by Crippen LogP contribution is 2.27. The Labute approximate surface area is 239 Å². The van der Waals surface area contributed by atoms with Crippen molar-refractivity contribution in [2.45, 2.75) is 31.4 Å². The average molecular weight is 569 g/mol. The molecule has 0 N–H and O–H groups in total. The Kier molecular flexibility index (Phi) is 10.4. The molecule has 0 aliphatic carbocycles. The lowest BCUT2D eigenvalue weighted by atomic mass is 9.96. The number of carbonyl (C=O) groups excluding carboxylic acids is 2. The Bertz CT molecular complexity index is 1260. The largest absolute Gasteiger partial charge is 0.491 e. The van der Waals surface area contributed by atoms with E-state index in [1.165, 1.54) is 6.07 Å². The molecule has 1 saturated heterocycles. The first kappa shape index (κ1) is 29.4. The van der Waals surface area contributed by atoms with Gasteiger partial charge in [0.05, 0.1) is 26.2 Å². The Morgan fingerprint density at radius 1 is 1.02 bits per heavy atom. The average Bonchev–Trinajstić information content (AvgIpc) is 2.96. The second-order valence-corrected chi connectivity index (χ2v) is 10.3. The molecule has 212 valence electrons. The van der Waals surface area contributed by atoms with Crippen LogP contribution in [0, 0.1) is 5.82 Å². The smallest absolute Gasteiger partial charge is 0.225 e. The van der Waals surface area contributed by atoms with Gasteiger partial charge in [0.15, 0.2) is 11.6 Å². The Morgan fingerprint density at radius 3 is 2.50 bits per heavy atom. The van der Waals surface area contributed by atoms with Gasteiger partial charge in [-0.2, -0.15) is 0 Å². The molecule has 1 atom stereocenters. The van der Waals surface area contributed by atoms with Crippen LogP contribution in [-0.4, -0.2) is 67.2 Å². The maximum atomic E-state index is 13.8. The first-order chi connectivity index (χ1) is 19.3.